The molecular weight excluding hydrogens is 476 g/mol. The summed E-state index contributed by atoms with van der Waals surface area (Å²) >= 11 is 0. The number of ether oxygens (including phenoxy) is 1. The summed E-state index contributed by atoms with van der Waals surface area (Å²) in [5.74, 6) is 0.832. The smallest absolute Gasteiger partial charge is 0.253 e. The molecule has 0 saturated carbocycles. The molecule has 0 aliphatic carbocycles. The van der Waals surface area contributed by atoms with Crippen LogP contribution in [0, 0.1) is 0 Å². The fraction of sp³-hybridized carbons (Fsp3) is 0.484. The minimum absolute atomic E-state index is 0.00444. The summed E-state index contributed by atoms with van der Waals surface area (Å²) in [6, 6.07) is 16.7. The standard InChI is InChI=1S/C31H40N4O3/c1-23-7-5-15-33(23)16-6-20-38-28-10-11-29-24(22-28)12-19-35(29)27-13-17-34(18-14-27)31(37)26-9-4-8-25(21-26)30(36)32(2)3/h4,8-12,19,21-23,27H,5-7,13-18,20H2,1-3H3/t23-/m1/s1. The second kappa shape index (κ2) is 11.6. The lowest BCUT2D eigenvalue weighted by atomic mass is 10.0. The number of piperidine rings is 1. The van der Waals surface area contributed by atoms with Crippen LogP contribution in [0.5, 0.6) is 5.75 Å². The summed E-state index contributed by atoms with van der Waals surface area (Å²) < 4.78 is 8.43. The van der Waals surface area contributed by atoms with Crippen LogP contribution in [0.3, 0.4) is 0 Å². The van der Waals surface area contributed by atoms with Crippen LogP contribution < -0.4 is 4.74 Å². The number of amides is 2. The Morgan fingerprint density at radius 1 is 0.974 bits per heavy atom. The van der Waals surface area contributed by atoms with E-state index in [-0.39, 0.29) is 11.8 Å². The zero-order valence-corrected chi connectivity index (χ0v) is 22.9. The summed E-state index contributed by atoms with van der Waals surface area (Å²) in [5, 5.41) is 1.19. The number of nitrogens with zero attached hydrogens (tertiary/aromatic N) is 4. The van der Waals surface area contributed by atoms with Crippen molar-refractivity contribution in [2.45, 2.75) is 51.1 Å². The van der Waals surface area contributed by atoms with Crippen LogP contribution in [0.4, 0.5) is 0 Å². The Bertz CT molecular complexity index is 1280. The molecule has 2 fully saturated rings. The van der Waals surface area contributed by atoms with E-state index in [0.29, 0.717) is 36.3 Å². The highest BCUT2D eigenvalue weighted by molar-refractivity contribution is 5.99. The second-order valence-corrected chi connectivity index (χ2v) is 11.0. The van der Waals surface area contributed by atoms with Gasteiger partial charge in [-0.3, -0.25) is 9.59 Å². The Balaban J connectivity index is 1.15. The molecule has 202 valence electrons. The molecule has 3 heterocycles. The first-order chi connectivity index (χ1) is 18.4. The molecule has 2 saturated heterocycles. The van der Waals surface area contributed by atoms with E-state index in [4.69, 9.17) is 4.74 Å². The molecule has 0 spiro atoms. The van der Waals surface area contributed by atoms with Gasteiger partial charge in [-0.15, -0.1) is 0 Å². The number of hydrogen-bond donors (Lipinski definition) is 0. The van der Waals surface area contributed by atoms with Crippen molar-refractivity contribution >= 4 is 22.7 Å². The van der Waals surface area contributed by atoms with Crippen molar-refractivity contribution in [3.05, 3.63) is 65.9 Å². The fourth-order valence-electron chi connectivity index (χ4n) is 5.91. The maximum absolute atomic E-state index is 13.2. The minimum Gasteiger partial charge on any atom is -0.494 e. The van der Waals surface area contributed by atoms with Crippen molar-refractivity contribution < 1.29 is 14.3 Å². The highest BCUT2D eigenvalue weighted by Crippen LogP contribution is 2.30. The molecule has 5 rings (SSSR count). The van der Waals surface area contributed by atoms with Crippen LogP contribution in [0.25, 0.3) is 10.9 Å². The molecule has 2 aliphatic rings. The van der Waals surface area contributed by atoms with Crippen molar-refractivity contribution in [3.8, 4) is 5.75 Å². The van der Waals surface area contributed by atoms with Gasteiger partial charge in [0.05, 0.1) is 6.61 Å². The van der Waals surface area contributed by atoms with Gasteiger partial charge in [-0.2, -0.15) is 0 Å². The van der Waals surface area contributed by atoms with E-state index in [2.05, 4.69) is 46.9 Å². The lowest BCUT2D eigenvalue weighted by Gasteiger charge is -2.33. The maximum Gasteiger partial charge on any atom is 0.253 e. The van der Waals surface area contributed by atoms with Crippen LogP contribution in [-0.2, 0) is 0 Å². The van der Waals surface area contributed by atoms with Gasteiger partial charge in [-0.05, 0) is 88.0 Å². The number of likely N-dealkylation sites (tertiary alicyclic amines) is 2. The number of rotatable bonds is 8. The molecular formula is C31H40N4O3. The summed E-state index contributed by atoms with van der Waals surface area (Å²) in [5.41, 5.74) is 2.33. The Hall–Kier alpha value is -3.32. The van der Waals surface area contributed by atoms with E-state index in [9.17, 15) is 9.59 Å². The van der Waals surface area contributed by atoms with E-state index in [0.717, 1.165) is 38.2 Å². The molecule has 2 amide bonds. The zero-order chi connectivity index (χ0) is 26.6. The van der Waals surface area contributed by atoms with Crippen LogP contribution in [0.2, 0.25) is 0 Å². The third-order valence-electron chi connectivity index (χ3n) is 8.15. The number of benzene rings is 2. The van der Waals surface area contributed by atoms with Gasteiger partial charge >= 0.3 is 0 Å². The van der Waals surface area contributed by atoms with Gasteiger partial charge in [-0.1, -0.05) is 6.07 Å². The molecule has 3 aromatic rings. The Labute approximate surface area is 225 Å². The third-order valence-corrected chi connectivity index (χ3v) is 8.15. The lowest BCUT2D eigenvalue weighted by Crippen LogP contribution is -2.39. The van der Waals surface area contributed by atoms with Crippen LogP contribution in [-0.4, -0.2) is 84.0 Å². The molecule has 7 nitrogen and oxygen atoms in total. The van der Waals surface area contributed by atoms with E-state index in [1.54, 1.807) is 38.4 Å². The predicted octanol–water partition coefficient (Wildman–Crippen LogP) is 5.07. The highest BCUT2D eigenvalue weighted by Gasteiger charge is 2.26. The third kappa shape index (κ3) is 5.73. The largest absolute Gasteiger partial charge is 0.494 e. The first-order valence-electron chi connectivity index (χ1n) is 14.0. The number of hydrogen-bond acceptors (Lipinski definition) is 4. The molecule has 0 unspecified atom stereocenters. The van der Waals surface area contributed by atoms with Gasteiger partial charge in [0.2, 0.25) is 0 Å². The average Bonchev–Trinajstić information content (AvgIpc) is 3.55. The average molecular weight is 517 g/mol. The maximum atomic E-state index is 13.2. The number of aromatic nitrogens is 1. The molecule has 38 heavy (non-hydrogen) atoms. The molecule has 0 bridgehead atoms. The minimum atomic E-state index is -0.0943. The molecule has 7 heteroatoms. The summed E-state index contributed by atoms with van der Waals surface area (Å²) in [6.07, 6.45) is 7.66. The van der Waals surface area contributed by atoms with Crippen molar-refractivity contribution in [2.24, 2.45) is 0 Å². The highest BCUT2D eigenvalue weighted by atomic mass is 16.5. The van der Waals surface area contributed by atoms with E-state index < -0.39 is 0 Å². The molecule has 0 N–H and O–H groups in total. The van der Waals surface area contributed by atoms with Gasteiger partial charge in [0.1, 0.15) is 5.75 Å². The number of carbonyl (C=O) groups is 2. The summed E-state index contributed by atoms with van der Waals surface area (Å²) in [4.78, 5) is 31.5. The normalized spacial score (nSPS) is 18.7. The SMILES string of the molecule is C[C@@H]1CCCN1CCCOc1ccc2c(ccn2C2CCN(C(=O)c3cccc(C(=O)N(C)C)c3)CC2)c1. The Kier molecular flexibility index (Phi) is 8.03. The molecule has 2 aliphatic heterocycles. The zero-order valence-electron chi connectivity index (χ0n) is 22.9. The van der Waals surface area contributed by atoms with Crippen LogP contribution in [0.1, 0.15) is 65.8 Å². The van der Waals surface area contributed by atoms with Crippen LogP contribution >= 0.6 is 0 Å². The van der Waals surface area contributed by atoms with Gasteiger partial charge in [0, 0.05) is 74.0 Å². The Morgan fingerprint density at radius 2 is 1.76 bits per heavy atom. The molecule has 0 radical (unpaired) electrons. The number of fused-ring (bicyclic) bond motifs is 1. The van der Waals surface area contributed by atoms with Crippen molar-refractivity contribution in [1.29, 1.82) is 0 Å². The van der Waals surface area contributed by atoms with Gasteiger partial charge in [0.25, 0.3) is 11.8 Å². The van der Waals surface area contributed by atoms with Crippen molar-refractivity contribution in [2.75, 3.05) is 46.9 Å². The van der Waals surface area contributed by atoms with Gasteiger partial charge < -0.3 is 24.0 Å². The second-order valence-electron chi connectivity index (χ2n) is 11.0. The topological polar surface area (TPSA) is 58.0 Å². The van der Waals surface area contributed by atoms with Crippen LogP contribution in [0.15, 0.2) is 54.7 Å². The quantitative estimate of drug-likeness (QED) is 0.392. The first-order valence-corrected chi connectivity index (χ1v) is 14.0. The lowest BCUT2D eigenvalue weighted by molar-refractivity contribution is 0.0696. The van der Waals surface area contributed by atoms with E-state index in [1.807, 2.05) is 4.90 Å². The number of carbonyl (C=O) groups excluding carboxylic acids is 2. The molecule has 1 aromatic heterocycles. The molecule has 1 atom stereocenters. The fourth-order valence-corrected chi connectivity index (χ4v) is 5.91. The van der Waals surface area contributed by atoms with Crippen molar-refractivity contribution in [1.82, 2.24) is 19.3 Å². The Morgan fingerprint density at radius 3 is 2.50 bits per heavy atom. The first kappa shape index (κ1) is 26.3. The van der Waals surface area contributed by atoms with E-state index >= 15 is 0 Å². The van der Waals surface area contributed by atoms with Gasteiger partial charge in [0.15, 0.2) is 0 Å². The van der Waals surface area contributed by atoms with E-state index in [1.165, 1.54) is 35.2 Å². The van der Waals surface area contributed by atoms with Gasteiger partial charge in [-0.25, -0.2) is 0 Å². The predicted molar refractivity (Wildman–Crippen MR) is 151 cm³/mol. The monoisotopic (exact) mass is 516 g/mol. The molecule has 2 aromatic carbocycles. The summed E-state index contributed by atoms with van der Waals surface area (Å²) in [7, 11) is 3.44. The van der Waals surface area contributed by atoms with Crippen molar-refractivity contribution in [3.63, 3.8) is 0 Å². The summed E-state index contributed by atoms with van der Waals surface area (Å²) in [6.45, 7) is 6.80.